The Kier molecular flexibility index (Phi) is 8.06. The van der Waals surface area contributed by atoms with Crippen molar-refractivity contribution in [1.29, 1.82) is 0 Å². The van der Waals surface area contributed by atoms with Crippen molar-refractivity contribution in [2.75, 3.05) is 0 Å². The molecule has 1 aliphatic rings. The Balaban J connectivity index is 1.36. The summed E-state index contributed by atoms with van der Waals surface area (Å²) in [5.41, 5.74) is 5.13. The van der Waals surface area contributed by atoms with Crippen molar-refractivity contribution in [3.8, 4) is 11.8 Å². The maximum Gasteiger partial charge on any atom is 0.0255 e. The van der Waals surface area contributed by atoms with Crippen LogP contribution in [-0.4, -0.2) is 0 Å². The van der Waals surface area contributed by atoms with Gasteiger partial charge in [0.25, 0.3) is 0 Å². The number of aryl methyl sites for hydroxylation is 1. The second-order valence-electron chi connectivity index (χ2n) is 9.73. The molecule has 1 fully saturated rings. The van der Waals surface area contributed by atoms with Gasteiger partial charge in [-0.05, 0) is 90.1 Å². The smallest absolute Gasteiger partial charge is 0.0255 e. The molecule has 1 saturated carbocycles. The maximum absolute atomic E-state index is 3.37. The summed E-state index contributed by atoms with van der Waals surface area (Å²) in [5, 5.41) is 2.59. The van der Waals surface area contributed by atoms with Gasteiger partial charge < -0.3 is 0 Å². The van der Waals surface area contributed by atoms with E-state index in [9.17, 15) is 0 Å². The molecule has 0 radical (unpaired) electrons. The summed E-state index contributed by atoms with van der Waals surface area (Å²) in [4.78, 5) is 0. The monoisotopic (exact) mass is 422 g/mol. The molecule has 4 rings (SSSR count). The summed E-state index contributed by atoms with van der Waals surface area (Å²) in [5.74, 6) is 8.47. The molecule has 0 atom stereocenters. The second kappa shape index (κ2) is 11.4. The molecule has 3 aromatic carbocycles. The number of fused-ring (bicyclic) bond motifs is 1. The van der Waals surface area contributed by atoms with Gasteiger partial charge in [0, 0.05) is 11.1 Å². The summed E-state index contributed by atoms with van der Waals surface area (Å²) in [6, 6.07) is 22.4. The molecular formula is C32H38. The molecule has 32 heavy (non-hydrogen) atoms. The highest BCUT2D eigenvalue weighted by atomic mass is 14.3. The molecule has 0 nitrogen and oxygen atoms in total. The predicted octanol–water partition coefficient (Wildman–Crippen LogP) is 9.05. The van der Waals surface area contributed by atoms with Gasteiger partial charge in [-0.1, -0.05) is 94.2 Å². The Labute approximate surface area is 195 Å². The van der Waals surface area contributed by atoms with Crippen molar-refractivity contribution in [2.24, 2.45) is 5.92 Å². The van der Waals surface area contributed by atoms with Gasteiger partial charge in [-0.2, -0.15) is 0 Å². The molecule has 0 saturated heterocycles. The minimum atomic E-state index is 0.748. The highest BCUT2D eigenvalue weighted by Gasteiger charge is 2.21. The third-order valence-electron chi connectivity index (χ3n) is 7.24. The van der Waals surface area contributed by atoms with Gasteiger partial charge in [0.05, 0.1) is 0 Å². The van der Waals surface area contributed by atoms with E-state index in [0.29, 0.717) is 0 Å². The molecule has 0 spiro atoms. The Bertz CT molecular complexity index is 1050. The van der Waals surface area contributed by atoms with Gasteiger partial charge in [0.2, 0.25) is 0 Å². The molecule has 0 unspecified atom stereocenters. The molecule has 0 heterocycles. The first-order chi connectivity index (χ1) is 15.7. The van der Waals surface area contributed by atoms with Crippen LogP contribution >= 0.6 is 0 Å². The number of hydrogen-bond acceptors (Lipinski definition) is 0. The van der Waals surface area contributed by atoms with Crippen LogP contribution in [0.25, 0.3) is 10.8 Å². The lowest BCUT2D eigenvalue weighted by Gasteiger charge is -2.29. The van der Waals surface area contributed by atoms with Crippen LogP contribution in [0.3, 0.4) is 0 Å². The average molecular weight is 423 g/mol. The molecule has 0 bridgehead atoms. The highest BCUT2D eigenvalue weighted by Crippen LogP contribution is 2.37. The first-order valence-corrected chi connectivity index (χ1v) is 12.9. The Morgan fingerprint density at radius 2 is 1.38 bits per heavy atom. The lowest BCUT2D eigenvalue weighted by atomic mass is 9.77. The molecule has 0 aliphatic heterocycles. The van der Waals surface area contributed by atoms with Crippen LogP contribution in [0.15, 0.2) is 60.7 Å². The van der Waals surface area contributed by atoms with E-state index in [2.05, 4.69) is 86.4 Å². The van der Waals surface area contributed by atoms with Crippen molar-refractivity contribution < 1.29 is 0 Å². The molecule has 3 aromatic rings. The van der Waals surface area contributed by atoms with E-state index in [1.54, 1.807) is 0 Å². The minimum Gasteiger partial charge on any atom is -0.0654 e. The molecule has 0 amide bonds. The Hall–Kier alpha value is -2.52. The van der Waals surface area contributed by atoms with Crippen molar-refractivity contribution in [3.63, 3.8) is 0 Å². The average Bonchev–Trinajstić information content (AvgIpc) is 2.84. The van der Waals surface area contributed by atoms with E-state index in [4.69, 9.17) is 0 Å². The van der Waals surface area contributed by atoms with Crippen LogP contribution in [0.4, 0.5) is 0 Å². The number of benzene rings is 3. The van der Waals surface area contributed by atoms with E-state index in [0.717, 1.165) is 29.4 Å². The molecule has 0 aromatic heterocycles. The lowest BCUT2D eigenvalue weighted by Crippen LogP contribution is -2.13. The highest BCUT2D eigenvalue weighted by molar-refractivity contribution is 5.84. The van der Waals surface area contributed by atoms with Gasteiger partial charge >= 0.3 is 0 Å². The standard InChI is InChI=1S/C32H38/c1-3-5-6-8-25-11-17-29(18-12-25)30-19-13-26(14-20-30)9-10-28-16-22-31-23-27(7-4-2)15-21-32(31)24-28/h13-16,19-25,29H,3-8,11-12,17-18H2,1-2H3. The summed E-state index contributed by atoms with van der Waals surface area (Å²) in [6.45, 7) is 4.53. The van der Waals surface area contributed by atoms with Gasteiger partial charge in [0.15, 0.2) is 0 Å². The zero-order chi connectivity index (χ0) is 22.2. The SMILES string of the molecule is CCCCCC1CCC(c2ccc(C#Cc3ccc4cc(CCC)ccc4c3)cc2)CC1. The fraction of sp³-hybridized carbons (Fsp3) is 0.438. The van der Waals surface area contributed by atoms with Gasteiger partial charge in [0.1, 0.15) is 0 Å². The van der Waals surface area contributed by atoms with Crippen molar-refractivity contribution in [3.05, 3.63) is 82.9 Å². The van der Waals surface area contributed by atoms with Crippen LogP contribution < -0.4 is 0 Å². The van der Waals surface area contributed by atoms with E-state index in [1.807, 2.05) is 0 Å². The topological polar surface area (TPSA) is 0 Å². The third kappa shape index (κ3) is 6.04. The zero-order valence-corrected chi connectivity index (χ0v) is 20.0. The quantitative estimate of drug-likeness (QED) is 0.263. The lowest BCUT2D eigenvalue weighted by molar-refractivity contribution is 0.303. The fourth-order valence-electron chi connectivity index (χ4n) is 5.27. The molecule has 1 aliphatic carbocycles. The van der Waals surface area contributed by atoms with Gasteiger partial charge in [-0.25, -0.2) is 0 Å². The normalized spacial score (nSPS) is 18.3. The minimum absolute atomic E-state index is 0.748. The first kappa shape index (κ1) is 22.7. The van der Waals surface area contributed by atoms with E-state index in [-0.39, 0.29) is 0 Å². The van der Waals surface area contributed by atoms with Crippen molar-refractivity contribution in [1.82, 2.24) is 0 Å². The largest absolute Gasteiger partial charge is 0.0654 e. The van der Waals surface area contributed by atoms with Gasteiger partial charge in [-0.3, -0.25) is 0 Å². The van der Waals surface area contributed by atoms with E-state index in [1.165, 1.54) is 79.7 Å². The van der Waals surface area contributed by atoms with E-state index < -0.39 is 0 Å². The summed E-state index contributed by atoms with van der Waals surface area (Å²) >= 11 is 0. The van der Waals surface area contributed by atoms with Crippen LogP contribution in [0.2, 0.25) is 0 Å². The first-order valence-electron chi connectivity index (χ1n) is 12.9. The molecule has 0 N–H and O–H groups in total. The molecule has 166 valence electrons. The van der Waals surface area contributed by atoms with Crippen molar-refractivity contribution in [2.45, 2.75) is 84.0 Å². The molecule has 0 heteroatoms. The van der Waals surface area contributed by atoms with Gasteiger partial charge in [-0.15, -0.1) is 0 Å². The number of unbranched alkanes of at least 4 members (excludes halogenated alkanes) is 2. The predicted molar refractivity (Wildman–Crippen MR) is 139 cm³/mol. The third-order valence-corrected chi connectivity index (χ3v) is 7.24. The summed E-state index contributed by atoms with van der Waals surface area (Å²) in [7, 11) is 0. The second-order valence-corrected chi connectivity index (χ2v) is 9.73. The van der Waals surface area contributed by atoms with Crippen LogP contribution in [-0.2, 0) is 6.42 Å². The zero-order valence-electron chi connectivity index (χ0n) is 20.0. The molecular weight excluding hydrogens is 384 g/mol. The summed E-state index contributed by atoms with van der Waals surface area (Å²) < 4.78 is 0. The van der Waals surface area contributed by atoms with Crippen LogP contribution in [0.5, 0.6) is 0 Å². The summed E-state index contributed by atoms with van der Waals surface area (Å²) in [6.07, 6.45) is 13.5. The van der Waals surface area contributed by atoms with Crippen LogP contribution in [0.1, 0.15) is 99.8 Å². The van der Waals surface area contributed by atoms with Crippen molar-refractivity contribution >= 4 is 10.8 Å². The maximum atomic E-state index is 3.37. The number of hydrogen-bond donors (Lipinski definition) is 0. The Morgan fingerprint density at radius 3 is 2.12 bits per heavy atom. The van der Waals surface area contributed by atoms with E-state index >= 15 is 0 Å². The van der Waals surface area contributed by atoms with Crippen LogP contribution in [0, 0.1) is 17.8 Å². The fourth-order valence-corrected chi connectivity index (χ4v) is 5.27. The number of rotatable bonds is 7. The Morgan fingerprint density at radius 1 is 0.688 bits per heavy atom.